The summed E-state index contributed by atoms with van der Waals surface area (Å²) in [5.41, 5.74) is 0.855. The number of esters is 1. The molecule has 0 spiro atoms. The molecule has 0 aliphatic carbocycles. The maximum atomic E-state index is 11.2. The van der Waals surface area contributed by atoms with E-state index in [9.17, 15) is 4.79 Å². The highest BCUT2D eigenvalue weighted by atomic mass is 16.5. The molecule has 0 radical (unpaired) electrons. The van der Waals surface area contributed by atoms with Gasteiger partial charge in [-0.15, -0.1) is 0 Å². The lowest BCUT2D eigenvalue weighted by Gasteiger charge is -2.06. The third kappa shape index (κ3) is 1.84. The molecule has 1 N–H and O–H groups in total. The Morgan fingerprint density at radius 2 is 2.58 bits per heavy atom. The van der Waals surface area contributed by atoms with Crippen LogP contribution in [0.3, 0.4) is 0 Å². The van der Waals surface area contributed by atoms with Crippen molar-refractivity contribution in [3.63, 3.8) is 0 Å². The Kier molecular flexibility index (Phi) is 2.85. The number of H-pyrrole nitrogens is 1. The number of rotatable bonds is 3. The number of ether oxygens (including phenoxy) is 1. The zero-order chi connectivity index (χ0) is 8.97. The zero-order valence-electron chi connectivity index (χ0n) is 7.20. The summed E-state index contributed by atoms with van der Waals surface area (Å²) in [7, 11) is 0. The lowest BCUT2D eigenvalue weighted by molar-refractivity contribution is -0.144. The fourth-order valence-corrected chi connectivity index (χ4v) is 0.901. The minimum atomic E-state index is -0.233. The SMILES string of the molecule is CCOC(=O)C(C)c1cn[nH]c1. The predicted molar refractivity (Wildman–Crippen MR) is 43.6 cm³/mol. The van der Waals surface area contributed by atoms with Gasteiger partial charge in [-0.3, -0.25) is 9.89 Å². The minimum absolute atomic E-state index is 0.209. The topological polar surface area (TPSA) is 55.0 Å². The summed E-state index contributed by atoms with van der Waals surface area (Å²) in [6, 6.07) is 0. The number of nitrogens with zero attached hydrogens (tertiary/aromatic N) is 1. The Morgan fingerprint density at radius 3 is 3.08 bits per heavy atom. The van der Waals surface area contributed by atoms with Crippen LogP contribution in [0.5, 0.6) is 0 Å². The standard InChI is InChI=1S/C8H12N2O2/c1-3-12-8(11)6(2)7-4-9-10-5-7/h4-6H,3H2,1-2H3,(H,9,10). The quantitative estimate of drug-likeness (QED) is 0.687. The average Bonchev–Trinajstić information content (AvgIpc) is 2.55. The molecule has 0 aliphatic rings. The van der Waals surface area contributed by atoms with Gasteiger partial charge in [-0.2, -0.15) is 5.10 Å². The maximum absolute atomic E-state index is 11.2. The van der Waals surface area contributed by atoms with E-state index >= 15 is 0 Å². The van der Waals surface area contributed by atoms with Crippen LogP contribution in [-0.4, -0.2) is 22.8 Å². The maximum Gasteiger partial charge on any atom is 0.313 e. The molecular formula is C8H12N2O2. The van der Waals surface area contributed by atoms with E-state index in [1.807, 2.05) is 0 Å². The van der Waals surface area contributed by atoms with Gasteiger partial charge in [-0.1, -0.05) is 0 Å². The smallest absolute Gasteiger partial charge is 0.313 e. The van der Waals surface area contributed by atoms with E-state index in [1.165, 1.54) is 0 Å². The molecule has 0 saturated carbocycles. The van der Waals surface area contributed by atoms with Crippen molar-refractivity contribution in [2.45, 2.75) is 19.8 Å². The molecule has 1 unspecified atom stereocenters. The van der Waals surface area contributed by atoms with Crippen molar-refractivity contribution in [2.75, 3.05) is 6.61 Å². The van der Waals surface area contributed by atoms with Gasteiger partial charge in [0.2, 0.25) is 0 Å². The van der Waals surface area contributed by atoms with E-state index in [0.29, 0.717) is 6.61 Å². The lowest BCUT2D eigenvalue weighted by atomic mass is 10.1. The largest absolute Gasteiger partial charge is 0.466 e. The molecule has 0 aliphatic heterocycles. The van der Waals surface area contributed by atoms with Crippen LogP contribution in [0.25, 0.3) is 0 Å². The summed E-state index contributed by atoms with van der Waals surface area (Å²) in [6.45, 7) is 4.00. The van der Waals surface area contributed by atoms with E-state index in [-0.39, 0.29) is 11.9 Å². The molecule has 1 aromatic rings. The van der Waals surface area contributed by atoms with Gasteiger partial charge in [0.15, 0.2) is 0 Å². The first-order valence-corrected chi connectivity index (χ1v) is 3.91. The van der Waals surface area contributed by atoms with E-state index in [4.69, 9.17) is 4.74 Å². The Balaban J connectivity index is 2.59. The summed E-state index contributed by atoms with van der Waals surface area (Å²) in [6.07, 6.45) is 3.32. The molecule has 1 aromatic heterocycles. The van der Waals surface area contributed by atoms with Crippen LogP contribution in [0.1, 0.15) is 25.3 Å². The monoisotopic (exact) mass is 168 g/mol. The van der Waals surface area contributed by atoms with Gasteiger partial charge in [0, 0.05) is 11.8 Å². The Bertz CT molecular complexity index is 244. The molecule has 0 amide bonds. The second-order valence-electron chi connectivity index (χ2n) is 2.51. The first-order chi connectivity index (χ1) is 5.75. The van der Waals surface area contributed by atoms with Crippen molar-refractivity contribution in [3.8, 4) is 0 Å². The lowest BCUT2D eigenvalue weighted by Crippen LogP contribution is -2.12. The van der Waals surface area contributed by atoms with Crippen LogP contribution in [0.4, 0.5) is 0 Å². The minimum Gasteiger partial charge on any atom is -0.466 e. The highest BCUT2D eigenvalue weighted by molar-refractivity contribution is 5.77. The first kappa shape index (κ1) is 8.77. The molecule has 1 rings (SSSR count). The molecule has 66 valence electrons. The highest BCUT2D eigenvalue weighted by Crippen LogP contribution is 2.14. The van der Waals surface area contributed by atoms with Crippen molar-refractivity contribution in [1.82, 2.24) is 10.2 Å². The van der Waals surface area contributed by atoms with E-state index < -0.39 is 0 Å². The molecule has 0 fully saturated rings. The molecular weight excluding hydrogens is 156 g/mol. The number of carbonyl (C=O) groups is 1. The van der Waals surface area contributed by atoms with Gasteiger partial charge in [0.05, 0.1) is 18.7 Å². The number of hydrogen-bond acceptors (Lipinski definition) is 3. The van der Waals surface area contributed by atoms with Crippen molar-refractivity contribution in [2.24, 2.45) is 0 Å². The van der Waals surface area contributed by atoms with Gasteiger partial charge in [-0.05, 0) is 13.8 Å². The summed E-state index contributed by atoms with van der Waals surface area (Å²) >= 11 is 0. The highest BCUT2D eigenvalue weighted by Gasteiger charge is 2.16. The first-order valence-electron chi connectivity index (χ1n) is 3.91. The number of hydrogen-bond donors (Lipinski definition) is 1. The van der Waals surface area contributed by atoms with Gasteiger partial charge in [-0.25, -0.2) is 0 Å². The van der Waals surface area contributed by atoms with Crippen LogP contribution in [0.2, 0.25) is 0 Å². The van der Waals surface area contributed by atoms with Crippen molar-refractivity contribution >= 4 is 5.97 Å². The van der Waals surface area contributed by atoms with E-state index in [1.54, 1.807) is 26.2 Å². The van der Waals surface area contributed by atoms with Gasteiger partial charge < -0.3 is 4.74 Å². The van der Waals surface area contributed by atoms with Crippen LogP contribution >= 0.6 is 0 Å². The second kappa shape index (κ2) is 3.90. The molecule has 0 saturated heterocycles. The van der Waals surface area contributed by atoms with Gasteiger partial charge in [0.25, 0.3) is 0 Å². The molecule has 12 heavy (non-hydrogen) atoms. The third-order valence-corrected chi connectivity index (χ3v) is 1.66. The zero-order valence-corrected chi connectivity index (χ0v) is 7.20. The van der Waals surface area contributed by atoms with E-state index in [0.717, 1.165) is 5.56 Å². The average molecular weight is 168 g/mol. The number of nitrogens with one attached hydrogen (secondary N) is 1. The van der Waals surface area contributed by atoms with Crippen LogP contribution in [-0.2, 0) is 9.53 Å². The molecule has 1 atom stereocenters. The fraction of sp³-hybridized carbons (Fsp3) is 0.500. The van der Waals surface area contributed by atoms with Gasteiger partial charge in [0.1, 0.15) is 0 Å². The molecule has 0 aromatic carbocycles. The number of aromatic nitrogens is 2. The molecule has 4 nitrogen and oxygen atoms in total. The van der Waals surface area contributed by atoms with Crippen LogP contribution in [0, 0.1) is 0 Å². The Labute approximate surface area is 70.9 Å². The van der Waals surface area contributed by atoms with Crippen LogP contribution < -0.4 is 0 Å². The predicted octanol–water partition coefficient (Wildman–Crippen LogP) is 1.08. The fourth-order valence-electron chi connectivity index (χ4n) is 0.901. The number of aromatic amines is 1. The van der Waals surface area contributed by atoms with E-state index in [2.05, 4.69) is 10.2 Å². The Hall–Kier alpha value is -1.32. The molecule has 4 heteroatoms. The molecule has 1 heterocycles. The van der Waals surface area contributed by atoms with Crippen molar-refractivity contribution < 1.29 is 9.53 Å². The van der Waals surface area contributed by atoms with Gasteiger partial charge >= 0.3 is 5.97 Å². The van der Waals surface area contributed by atoms with Crippen LogP contribution in [0.15, 0.2) is 12.4 Å². The summed E-state index contributed by atoms with van der Waals surface area (Å²) in [4.78, 5) is 11.2. The second-order valence-corrected chi connectivity index (χ2v) is 2.51. The Morgan fingerprint density at radius 1 is 1.83 bits per heavy atom. The third-order valence-electron chi connectivity index (χ3n) is 1.66. The van der Waals surface area contributed by atoms with Crippen molar-refractivity contribution in [3.05, 3.63) is 18.0 Å². The number of carbonyl (C=O) groups excluding carboxylic acids is 1. The van der Waals surface area contributed by atoms with Crippen molar-refractivity contribution in [1.29, 1.82) is 0 Å². The summed E-state index contributed by atoms with van der Waals surface area (Å²) < 4.78 is 4.85. The summed E-state index contributed by atoms with van der Waals surface area (Å²) in [5, 5.41) is 6.40. The molecule has 0 bridgehead atoms. The normalized spacial score (nSPS) is 12.5. The summed E-state index contributed by atoms with van der Waals surface area (Å²) in [5.74, 6) is -0.442.